The number of hydrogen-bond donors (Lipinski definition) is 1. The fourth-order valence-corrected chi connectivity index (χ4v) is 1.70. The fraction of sp³-hybridized carbons (Fsp3) is 0.400. The molecule has 1 aromatic heterocycles. The summed E-state index contributed by atoms with van der Waals surface area (Å²) in [6.45, 7) is 0. The number of carbonyl (C=O) groups is 1. The second kappa shape index (κ2) is 4.42. The van der Waals surface area contributed by atoms with Crippen LogP contribution < -0.4 is 0 Å². The van der Waals surface area contributed by atoms with Crippen LogP contribution in [-0.4, -0.2) is 16.1 Å². The highest BCUT2D eigenvalue weighted by Gasteiger charge is 2.13. The monoisotopic (exact) mass is 213 g/mol. The maximum atomic E-state index is 10.6. The van der Waals surface area contributed by atoms with Gasteiger partial charge in [0.05, 0.1) is 0 Å². The molecule has 0 unspecified atom stereocenters. The molecule has 0 amide bonds. The number of hydrogen-bond acceptors (Lipinski definition) is 2. The van der Waals surface area contributed by atoms with Crippen molar-refractivity contribution in [2.45, 2.75) is 25.7 Å². The number of aromatic carboxylic acids is 1. The lowest BCUT2D eigenvalue weighted by Crippen LogP contribution is -2.09. The number of halogens is 1. The van der Waals surface area contributed by atoms with Crippen molar-refractivity contribution in [1.82, 2.24) is 4.98 Å². The minimum Gasteiger partial charge on any atom is -0.477 e. The zero-order valence-electron chi connectivity index (χ0n) is 7.69. The molecular weight excluding hydrogens is 202 g/mol. The zero-order valence-corrected chi connectivity index (χ0v) is 8.51. The zero-order chi connectivity index (χ0) is 9.26. The fourth-order valence-electron chi connectivity index (χ4n) is 1.70. The topological polar surface area (TPSA) is 50.2 Å². The molecule has 1 N–H and O–H groups in total. The van der Waals surface area contributed by atoms with Gasteiger partial charge in [-0.1, -0.05) is 6.07 Å². The normalized spacial score (nSPS) is 14.0. The van der Waals surface area contributed by atoms with Gasteiger partial charge in [0.2, 0.25) is 0 Å². The molecule has 0 atom stereocenters. The summed E-state index contributed by atoms with van der Waals surface area (Å²) in [6.07, 6.45) is 4.29. The van der Waals surface area contributed by atoms with E-state index in [4.69, 9.17) is 5.11 Å². The van der Waals surface area contributed by atoms with E-state index in [-0.39, 0.29) is 18.1 Å². The summed E-state index contributed by atoms with van der Waals surface area (Å²) in [7, 11) is 0. The first-order chi connectivity index (χ1) is 6.27. The van der Waals surface area contributed by atoms with E-state index in [9.17, 15) is 4.79 Å². The Morgan fingerprint density at radius 3 is 2.71 bits per heavy atom. The molecule has 1 aliphatic carbocycles. The predicted octanol–water partition coefficient (Wildman–Crippen LogP) is 2.08. The molecule has 1 aromatic rings. The molecule has 0 aliphatic heterocycles. The van der Waals surface area contributed by atoms with Gasteiger partial charge in [-0.25, -0.2) is 9.78 Å². The van der Waals surface area contributed by atoms with Gasteiger partial charge in [0.1, 0.15) is 5.69 Å². The maximum absolute atomic E-state index is 10.6. The number of aryl methyl sites for hydroxylation is 2. The van der Waals surface area contributed by atoms with Gasteiger partial charge in [-0.15, -0.1) is 12.4 Å². The highest BCUT2D eigenvalue weighted by Crippen LogP contribution is 2.19. The van der Waals surface area contributed by atoms with E-state index in [0.29, 0.717) is 0 Å². The molecule has 0 saturated heterocycles. The van der Waals surface area contributed by atoms with Crippen LogP contribution in [0.5, 0.6) is 0 Å². The van der Waals surface area contributed by atoms with E-state index in [1.807, 2.05) is 6.07 Å². The van der Waals surface area contributed by atoms with Crippen LogP contribution in [0.2, 0.25) is 0 Å². The Morgan fingerprint density at radius 1 is 1.29 bits per heavy atom. The number of pyridine rings is 1. The standard InChI is InChI=1S/C10H11NO2.ClH/c12-10(13)9-6-5-7-3-1-2-4-8(7)11-9;/h5-6H,1-4H2,(H,12,13);1H. The largest absolute Gasteiger partial charge is 0.477 e. The molecule has 3 nitrogen and oxygen atoms in total. The van der Waals surface area contributed by atoms with Crippen molar-refractivity contribution >= 4 is 18.4 Å². The number of fused-ring (bicyclic) bond motifs is 1. The summed E-state index contributed by atoms with van der Waals surface area (Å²) in [5.74, 6) is -0.937. The van der Waals surface area contributed by atoms with Gasteiger partial charge in [0.15, 0.2) is 0 Å². The Hall–Kier alpha value is -1.09. The van der Waals surface area contributed by atoms with Crippen molar-refractivity contribution in [2.24, 2.45) is 0 Å². The third kappa shape index (κ3) is 2.04. The lowest BCUT2D eigenvalue weighted by molar-refractivity contribution is 0.0690. The first-order valence-electron chi connectivity index (χ1n) is 4.49. The van der Waals surface area contributed by atoms with E-state index >= 15 is 0 Å². The Balaban J connectivity index is 0.000000980. The molecule has 0 radical (unpaired) electrons. The van der Waals surface area contributed by atoms with E-state index < -0.39 is 5.97 Å². The van der Waals surface area contributed by atoms with Crippen LogP contribution in [-0.2, 0) is 12.8 Å². The van der Waals surface area contributed by atoms with Crippen molar-refractivity contribution in [3.63, 3.8) is 0 Å². The van der Waals surface area contributed by atoms with Gasteiger partial charge in [-0.2, -0.15) is 0 Å². The van der Waals surface area contributed by atoms with E-state index in [1.54, 1.807) is 6.07 Å². The Bertz CT molecular complexity index is 352. The third-order valence-corrected chi connectivity index (χ3v) is 2.40. The summed E-state index contributed by atoms with van der Waals surface area (Å²) in [4.78, 5) is 14.7. The molecule has 0 saturated carbocycles. The van der Waals surface area contributed by atoms with Crippen LogP contribution in [0.15, 0.2) is 12.1 Å². The van der Waals surface area contributed by atoms with Crippen LogP contribution in [0.4, 0.5) is 0 Å². The Kier molecular flexibility index (Phi) is 3.47. The van der Waals surface area contributed by atoms with Crippen LogP contribution in [0.3, 0.4) is 0 Å². The van der Waals surface area contributed by atoms with E-state index in [1.165, 1.54) is 12.0 Å². The molecule has 76 valence electrons. The van der Waals surface area contributed by atoms with E-state index in [2.05, 4.69) is 4.98 Å². The van der Waals surface area contributed by atoms with E-state index in [0.717, 1.165) is 25.0 Å². The maximum Gasteiger partial charge on any atom is 0.354 e. The highest BCUT2D eigenvalue weighted by molar-refractivity contribution is 5.85. The van der Waals surface area contributed by atoms with Crippen molar-refractivity contribution in [2.75, 3.05) is 0 Å². The van der Waals surface area contributed by atoms with Gasteiger partial charge >= 0.3 is 5.97 Å². The van der Waals surface area contributed by atoms with Crippen molar-refractivity contribution < 1.29 is 9.90 Å². The van der Waals surface area contributed by atoms with Crippen molar-refractivity contribution in [3.8, 4) is 0 Å². The van der Waals surface area contributed by atoms with Crippen LogP contribution in [0.25, 0.3) is 0 Å². The first kappa shape index (κ1) is 11.0. The van der Waals surface area contributed by atoms with Crippen molar-refractivity contribution in [3.05, 3.63) is 29.1 Å². The van der Waals surface area contributed by atoms with Crippen LogP contribution >= 0.6 is 12.4 Å². The SMILES string of the molecule is Cl.O=C(O)c1ccc2c(n1)CCCC2. The first-order valence-corrected chi connectivity index (χ1v) is 4.49. The molecule has 1 heterocycles. The Morgan fingerprint density at radius 2 is 2.00 bits per heavy atom. The summed E-state index contributed by atoms with van der Waals surface area (Å²) in [5, 5.41) is 8.72. The molecule has 2 rings (SSSR count). The quantitative estimate of drug-likeness (QED) is 0.777. The van der Waals surface area contributed by atoms with Gasteiger partial charge < -0.3 is 5.11 Å². The second-order valence-corrected chi connectivity index (χ2v) is 3.31. The number of carboxylic acids is 1. The second-order valence-electron chi connectivity index (χ2n) is 3.31. The smallest absolute Gasteiger partial charge is 0.354 e. The average Bonchev–Trinajstić information content (AvgIpc) is 2.17. The summed E-state index contributed by atoms with van der Waals surface area (Å²) < 4.78 is 0. The lowest BCUT2D eigenvalue weighted by Gasteiger charge is -2.14. The van der Waals surface area contributed by atoms with Crippen LogP contribution in [0, 0.1) is 0 Å². The summed E-state index contributed by atoms with van der Waals surface area (Å²) in [5.41, 5.74) is 2.36. The predicted molar refractivity (Wildman–Crippen MR) is 55.1 cm³/mol. The van der Waals surface area contributed by atoms with Crippen molar-refractivity contribution in [1.29, 1.82) is 0 Å². The molecule has 1 aliphatic rings. The van der Waals surface area contributed by atoms with Gasteiger partial charge in [-0.05, 0) is 37.3 Å². The molecule has 4 heteroatoms. The highest BCUT2D eigenvalue weighted by atomic mass is 35.5. The number of rotatable bonds is 1. The number of nitrogens with zero attached hydrogens (tertiary/aromatic N) is 1. The van der Waals surface area contributed by atoms with Gasteiger partial charge in [0.25, 0.3) is 0 Å². The molecule has 14 heavy (non-hydrogen) atoms. The third-order valence-electron chi connectivity index (χ3n) is 2.40. The molecule has 0 aromatic carbocycles. The molecule has 0 fully saturated rings. The lowest BCUT2D eigenvalue weighted by atomic mass is 9.96. The summed E-state index contributed by atoms with van der Waals surface area (Å²) in [6, 6.07) is 3.48. The van der Waals surface area contributed by atoms with Crippen LogP contribution in [0.1, 0.15) is 34.6 Å². The molecule has 0 bridgehead atoms. The number of aromatic nitrogens is 1. The minimum atomic E-state index is -0.937. The minimum absolute atomic E-state index is 0. The van der Waals surface area contributed by atoms with Gasteiger partial charge in [0, 0.05) is 5.69 Å². The van der Waals surface area contributed by atoms with Gasteiger partial charge in [-0.3, -0.25) is 0 Å². The Labute approximate surface area is 88.6 Å². The average molecular weight is 214 g/mol. The molecule has 0 spiro atoms. The number of carboxylic acid groups (broad SMARTS) is 1. The molecular formula is C10H12ClNO2. The summed E-state index contributed by atoms with van der Waals surface area (Å²) >= 11 is 0.